The maximum Gasteiger partial charge on any atom is 0.308 e. The van der Waals surface area contributed by atoms with Crippen molar-refractivity contribution in [2.45, 2.75) is 17.4 Å². The van der Waals surface area contributed by atoms with Crippen molar-refractivity contribution < 1.29 is 14.6 Å². The van der Waals surface area contributed by atoms with Gasteiger partial charge >= 0.3 is 5.97 Å². The number of rotatable bonds is 6. The van der Waals surface area contributed by atoms with Crippen molar-refractivity contribution >= 4 is 23.4 Å². The van der Waals surface area contributed by atoms with Crippen LogP contribution >= 0.6 is 11.8 Å². The fourth-order valence-electron chi connectivity index (χ4n) is 1.60. The lowest BCUT2D eigenvalue weighted by Crippen LogP contribution is -2.30. The molecule has 0 aliphatic carbocycles. The van der Waals surface area contributed by atoms with Crippen LogP contribution in [0.2, 0.25) is 0 Å². The maximum atomic E-state index is 11.0. The molecular weight excluding hydrogens is 250 g/mol. The van der Waals surface area contributed by atoms with E-state index in [0.717, 1.165) is 5.69 Å². The van der Waals surface area contributed by atoms with Crippen LogP contribution < -0.4 is 4.90 Å². The first kappa shape index (κ1) is 14.9. The van der Waals surface area contributed by atoms with Gasteiger partial charge in [0.25, 0.3) is 0 Å². The highest BCUT2D eigenvalue weighted by atomic mass is 32.2. The second kappa shape index (κ2) is 7.28. The maximum absolute atomic E-state index is 11.0. The van der Waals surface area contributed by atoms with Crippen LogP contribution in [0.4, 0.5) is 5.69 Å². The van der Waals surface area contributed by atoms with Crippen LogP contribution in [0.5, 0.6) is 0 Å². The molecule has 0 spiro atoms. The monoisotopic (exact) mass is 269 g/mol. The molecule has 18 heavy (non-hydrogen) atoms. The lowest BCUT2D eigenvalue weighted by Gasteiger charge is -2.22. The third kappa shape index (κ3) is 4.58. The van der Waals surface area contributed by atoms with Crippen LogP contribution in [-0.4, -0.2) is 44.1 Å². The molecule has 4 nitrogen and oxygen atoms in total. The summed E-state index contributed by atoms with van der Waals surface area (Å²) in [6.45, 7) is 0.397. The van der Waals surface area contributed by atoms with Crippen molar-refractivity contribution in [2.75, 3.05) is 31.9 Å². The molecule has 0 heterocycles. The van der Waals surface area contributed by atoms with Crippen LogP contribution in [0.1, 0.15) is 6.42 Å². The lowest BCUT2D eigenvalue weighted by molar-refractivity contribution is -0.142. The van der Waals surface area contributed by atoms with E-state index in [0.29, 0.717) is 6.54 Å². The van der Waals surface area contributed by atoms with E-state index in [4.69, 9.17) is 0 Å². The highest BCUT2D eigenvalue weighted by Crippen LogP contribution is 2.19. The van der Waals surface area contributed by atoms with E-state index in [-0.39, 0.29) is 6.42 Å². The van der Waals surface area contributed by atoms with E-state index in [9.17, 15) is 9.90 Å². The number of likely N-dealkylation sites (N-methyl/N-ethyl adjacent to an activating group) is 1. The number of benzene rings is 1. The highest BCUT2D eigenvalue weighted by Gasteiger charge is 2.13. The summed E-state index contributed by atoms with van der Waals surface area (Å²) < 4.78 is 4.52. The first-order chi connectivity index (χ1) is 8.56. The van der Waals surface area contributed by atoms with Gasteiger partial charge in [-0.3, -0.25) is 4.79 Å². The summed E-state index contributed by atoms with van der Waals surface area (Å²) in [5.74, 6) is -0.395. The molecule has 0 saturated carbocycles. The molecule has 1 aromatic rings. The van der Waals surface area contributed by atoms with Crippen molar-refractivity contribution in [1.29, 1.82) is 0 Å². The molecule has 0 aliphatic rings. The minimum atomic E-state index is -0.720. The Kier molecular flexibility index (Phi) is 6.01. The van der Waals surface area contributed by atoms with Crippen molar-refractivity contribution in [2.24, 2.45) is 0 Å². The lowest BCUT2D eigenvalue weighted by atomic mass is 10.2. The van der Waals surface area contributed by atoms with Gasteiger partial charge in [-0.2, -0.15) is 0 Å². The topological polar surface area (TPSA) is 49.8 Å². The first-order valence-electron chi connectivity index (χ1n) is 5.67. The number of methoxy groups -OCH3 is 1. The predicted molar refractivity (Wildman–Crippen MR) is 74.1 cm³/mol. The number of hydrogen-bond acceptors (Lipinski definition) is 5. The van der Waals surface area contributed by atoms with Gasteiger partial charge in [-0.05, 0) is 30.5 Å². The van der Waals surface area contributed by atoms with Crippen LogP contribution in [0.15, 0.2) is 29.2 Å². The van der Waals surface area contributed by atoms with Crippen LogP contribution in [-0.2, 0) is 9.53 Å². The second-order valence-corrected chi connectivity index (χ2v) is 4.89. The Balaban J connectivity index is 2.53. The zero-order chi connectivity index (χ0) is 13.5. The number of anilines is 1. The number of hydrogen-bond donors (Lipinski definition) is 1. The van der Waals surface area contributed by atoms with Gasteiger partial charge in [0.15, 0.2) is 0 Å². The van der Waals surface area contributed by atoms with Gasteiger partial charge in [0.1, 0.15) is 0 Å². The fourth-order valence-corrected chi connectivity index (χ4v) is 2.01. The van der Waals surface area contributed by atoms with Gasteiger partial charge in [0.2, 0.25) is 0 Å². The molecule has 1 unspecified atom stereocenters. The van der Waals surface area contributed by atoms with Crippen LogP contribution in [0.3, 0.4) is 0 Å². The SMILES string of the molecule is COC(=O)CC(O)CN(C)c1ccc(SC)cc1. The van der Waals surface area contributed by atoms with Crippen molar-refractivity contribution in [1.82, 2.24) is 0 Å². The minimum Gasteiger partial charge on any atom is -0.469 e. The number of ether oxygens (including phenoxy) is 1. The number of nitrogens with zero attached hydrogens (tertiary/aromatic N) is 1. The Morgan fingerprint density at radius 3 is 2.56 bits per heavy atom. The summed E-state index contributed by atoms with van der Waals surface area (Å²) in [6.07, 6.45) is 1.32. The number of carbonyl (C=O) groups is 1. The number of aliphatic hydroxyl groups excluding tert-OH is 1. The molecule has 0 radical (unpaired) electrons. The Morgan fingerprint density at radius 1 is 1.44 bits per heavy atom. The van der Waals surface area contributed by atoms with E-state index in [1.54, 1.807) is 11.8 Å². The van der Waals surface area contributed by atoms with Gasteiger partial charge < -0.3 is 14.7 Å². The molecule has 1 aromatic carbocycles. The normalized spacial score (nSPS) is 12.0. The van der Waals surface area contributed by atoms with Gasteiger partial charge in [0.05, 0.1) is 19.6 Å². The van der Waals surface area contributed by atoms with Crippen LogP contribution in [0.25, 0.3) is 0 Å². The fraction of sp³-hybridized carbons (Fsp3) is 0.462. The summed E-state index contributed by atoms with van der Waals surface area (Å²) in [6, 6.07) is 8.06. The van der Waals surface area contributed by atoms with Gasteiger partial charge in [-0.1, -0.05) is 0 Å². The van der Waals surface area contributed by atoms with E-state index >= 15 is 0 Å². The quantitative estimate of drug-likeness (QED) is 0.630. The van der Waals surface area contributed by atoms with E-state index < -0.39 is 12.1 Å². The van der Waals surface area contributed by atoms with E-state index in [1.807, 2.05) is 42.5 Å². The smallest absolute Gasteiger partial charge is 0.308 e. The molecule has 5 heteroatoms. The molecule has 0 aromatic heterocycles. The number of aliphatic hydroxyl groups is 1. The van der Waals surface area contributed by atoms with Crippen LogP contribution in [0, 0.1) is 0 Å². The zero-order valence-electron chi connectivity index (χ0n) is 10.9. The number of thioether (sulfide) groups is 1. The molecule has 1 rings (SSSR count). The summed E-state index contributed by atoms with van der Waals surface area (Å²) in [4.78, 5) is 14.1. The molecule has 1 N–H and O–H groups in total. The zero-order valence-corrected chi connectivity index (χ0v) is 11.7. The summed E-state index contributed by atoms with van der Waals surface area (Å²) in [5.41, 5.74) is 1.01. The van der Waals surface area contributed by atoms with Crippen molar-refractivity contribution in [3.05, 3.63) is 24.3 Å². The molecule has 0 saturated heterocycles. The largest absolute Gasteiger partial charge is 0.469 e. The van der Waals surface area contributed by atoms with Crippen molar-refractivity contribution in [3.63, 3.8) is 0 Å². The molecular formula is C13H19NO3S. The molecule has 0 amide bonds. The summed E-state index contributed by atoms with van der Waals surface area (Å²) >= 11 is 1.69. The predicted octanol–water partition coefficient (Wildman–Crippen LogP) is 1.77. The number of esters is 1. The molecule has 0 bridgehead atoms. The van der Waals surface area contributed by atoms with Gasteiger partial charge in [0, 0.05) is 24.2 Å². The van der Waals surface area contributed by atoms with E-state index in [1.165, 1.54) is 12.0 Å². The molecule has 100 valence electrons. The first-order valence-corrected chi connectivity index (χ1v) is 6.89. The van der Waals surface area contributed by atoms with Gasteiger partial charge in [-0.25, -0.2) is 0 Å². The van der Waals surface area contributed by atoms with Gasteiger partial charge in [-0.15, -0.1) is 11.8 Å². The third-order valence-corrected chi connectivity index (χ3v) is 3.37. The highest BCUT2D eigenvalue weighted by molar-refractivity contribution is 7.98. The third-order valence-electron chi connectivity index (χ3n) is 2.63. The Hall–Kier alpha value is -1.20. The Morgan fingerprint density at radius 2 is 2.06 bits per heavy atom. The van der Waals surface area contributed by atoms with E-state index in [2.05, 4.69) is 4.74 Å². The Bertz CT molecular complexity index is 380. The summed E-state index contributed by atoms with van der Waals surface area (Å²) in [7, 11) is 3.20. The minimum absolute atomic E-state index is 0.0176. The average molecular weight is 269 g/mol. The number of carbonyl (C=O) groups excluding carboxylic acids is 1. The second-order valence-electron chi connectivity index (χ2n) is 4.01. The standard InChI is InChI=1S/C13H19NO3S/c1-14(9-11(15)8-13(16)17-2)10-4-6-12(18-3)7-5-10/h4-7,11,15H,8-9H2,1-3H3. The summed E-state index contributed by atoms with van der Waals surface area (Å²) in [5, 5.41) is 9.74. The average Bonchev–Trinajstić information content (AvgIpc) is 2.38. The molecule has 0 fully saturated rings. The molecule has 1 atom stereocenters. The van der Waals surface area contributed by atoms with Crippen molar-refractivity contribution in [3.8, 4) is 0 Å². The Labute approximate surface area is 112 Å². The molecule has 0 aliphatic heterocycles.